The molecule has 4 heterocycles. The number of nitrogens with zero attached hydrogens (tertiary/aromatic N) is 6. The van der Waals surface area contributed by atoms with Gasteiger partial charge in [-0.3, -0.25) is 34.5 Å². The summed E-state index contributed by atoms with van der Waals surface area (Å²) >= 11 is 0. The molecule has 10 heteroatoms. The van der Waals surface area contributed by atoms with Gasteiger partial charge in [0, 0.05) is 75.2 Å². The Morgan fingerprint density at radius 1 is 0.681 bits per heavy atom. The summed E-state index contributed by atoms with van der Waals surface area (Å²) in [6, 6.07) is 26.4. The van der Waals surface area contributed by atoms with E-state index < -0.39 is 12.0 Å². The second-order valence-electron chi connectivity index (χ2n) is 11.4. The van der Waals surface area contributed by atoms with E-state index in [2.05, 4.69) is 29.7 Å². The van der Waals surface area contributed by atoms with E-state index in [0.717, 1.165) is 39.5 Å². The minimum Gasteiger partial charge on any atom is -0.507 e. The molecule has 0 fully saturated rings. The number of pyridine rings is 4. The van der Waals surface area contributed by atoms with Gasteiger partial charge < -0.3 is 15.6 Å². The molecule has 5 rings (SSSR count). The molecule has 0 bridgehead atoms. The van der Waals surface area contributed by atoms with Crippen LogP contribution in [-0.2, 0) is 55.2 Å². The number of phenols is 1. The fraction of sp³-hybridized carbons (Fsp3) is 0.270. The molecule has 4 aromatic heterocycles. The Hall–Kier alpha value is -5.03. The van der Waals surface area contributed by atoms with Crippen LogP contribution in [0.3, 0.4) is 0 Å². The highest BCUT2D eigenvalue weighted by Crippen LogP contribution is 2.30. The summed E-state index contributed by atoms with van der Waals surface area (Å²) in [7, 11) is 0. The molecule has 0 aliphatic rings. The number of benzene rings is 1. The summed E-state index contributed by atoms with van der Waals surface area (Å²) in [6.45, 7) is 5.02. The first-order valence-corrected chi connectivity index (χ1v) is 15.8. The van der Waals surface area contributed by atoms with E-state index in [1.165, 1.54) is 0 Å². The number of ether oxygens (including phenoxy) is 1. The number of hydrogen-bond donors (Lipinski definition) is 2. The fourth-order valence-corrected chi connectivity index (χ4v) is 5.48. The van der Waals surface area contributed by atoms with Crippen molar-refractivity contribution in [1.29, 1.82) is 0 Å². The van der Waals surface area contributed by atoms with Crippen LogP contribution < -0.4 is 5.73 Å². The van der Waals surface area contributed by atoms with Gasteiger partial charge in [0.1, 0.15) is 11.8 Å². The lowest BCUT2D eigenvalue weighted by Gasteiger charge is -2.26. The van der Waals surface area contributed by atoms with Gasteiger partial charge in [-0.2, -0.15) is 0 Å². The number of nitrogens with two attached hydrogens (primary N) is 1. The van der Waals surface area contributed by atoms with Gasteiger partial charge in [-0.1, -0.05) is 36.4 Å². The Morgan fingerprint density at radius 3 is 1.38 bits per heavy atom. The zero-order valence-electron chi connectivity index (χ0n) is 26.7. The van der Waals surface area contributed by atoms with Crippen LogP contribution >= 0.6 is 0 Å². The van der Waals surface area contributed by atoms with E-state index >= 15 is 0 Å². The first-order chi connectivity index (χ1) is 23.0. The predicted molar refractivity (Wildman–Crippen MR) is 179 cm³/mol. The number of carbonyl (C=O) groups excluding carboxylic acids is 1. The third-order valence-electron chi connectivity index (χ3n) is 7.61. The maximum absolute atomic E-state index is 12.5. The maximum Gasteiger partial charge on any atom is 0.323 e. The van der Waals surface area contributed by atoms with Gasteiger partial charge >= 0.3 is 5.97 Å². The molecule has 0 aliphatic carbocycles. The van der Waals surface area contributed by atoms with E-state index in [0.29, 0.717) is 39.3 Å². The molecule has 0 amide bonds. The molecule has 3 N–H and O–H groups in total. The summed E-state index contributed by atoms with van der Waals surface area (Å²) in [5, 5.41) is 11.9. The lowest BCUT2D eigenvalue weighted by atomic mass is 9.98. The van der Waals surface area contributed by atoms with Crippen LogP contribution in [0, 0.1) is 0 Å². The first kappa shape index (κ1) is 33.3. The highest BCUT2D eigenvalue weighted by Gasteiger charge is 2.21. The van der Waals surface area contributed by atoms with Crippen molar-refractivity contribution in [2.75, 3.05) is 6.61 Å². The second kappa shape index (κ2) is 17.0. The zero-order valence-corrected chi connectivity index (χ0v) is 26.7. The van der Waals surface area contributed by atoms with Crippen molar-refractivity contribution in [1.82, 2.24) is 29.7 Å². The Balaban J connectivity index is 1.49. The van der Waals surface area contributed by atoms with Crippen molar-refractivity contribution in [3.05, 3.63) is 149 Å². The minimum absolute atomic E-state index is 0.192. The average molecular weight is 632 g/mol. The largest absolute Gasteiger partial charge is 0.507 e. The Kier molecular flexibility index (Phi) is 12.1. The number of aromatic nitrogens is 4. The standard InChI is InChI=1S/C37H41N7O3/c1-2-47-37(46)35(38)21-28-19-29(22-43(24-31-11-3-7-15-39-31)25-32-12-4-8-16-40-32)36(45)30(20-28)23-44(26-33-13-5-9-17-41-33)27-34-14-6-10-18-42-34/h3-20,35,45H,2,21-27,38H2,1H3. The van der Waals surface area contributed by atoms with E-state index in [9.17, 15) is 9.90 Å². The second-order valence-corrected chi connectivity index (χ2v) is 11.4. The van der Waals surface area contributed by atoms with Gasteiger partial charge in [-0.15, -0.1) is 0 Å². The van der Waals surface area contributed by atoms with Crippen LogP contribution in [0.1, 0.15) is 46.4 Å². The molecule has 47 heavy (non-hydrogen) atoms. The summed E-state index contributed by atoms with van der Waals surface area (Å²) in [4.78, 5) is 35.1. The molecule has 0 saturated heterocycles. The van der Waals surface area contributed by atoms with E-state index in [-0.39, 0.29) is 18.8 Å². The van der Waals surface area contributed by atoms with Gasteiger partial charge in [-0.25, -0.2) is 0 Å². The van der Waals surface area contributed by atoms with Crippen LogP contribution in [0.2, 0.25) is 0 Å². The summed E-state index contributed by atoms with van der Waals surface area (Å²) < 4.78 is 5.20. The van der Waals surface area contributed by atoms with Crippen molar-refractivity contribution in [2.24, 2.45) is 5.73 Å². The van der Waals surface area contributed by atoms with Crippen LogP contribution in [0.5, 0.6) is 5.75 Å². The molecule has 242 valence electrons. The van der Waals surface area contributed by atoms with Crippen LogP contribution in [-0.4, -0.2) is 53.5 Å². The van der Waals surface area contributed by atoms with Crippen molar-refractivity contribution in [3.8, 4) is 5.75 Å². The number of aromatic hydroxyl groups is 1. The van der Waals surface area contributed by atoms with Gasteiger partial charge in [0.05, 0.1) is 29.4 Å². The number of esters is 1. The van der Waals surface area contributed by atoms with E-state index in [1.807, 2.05) is 84.9 Å². The molecule has 0 aliphatic heterocycles. The SMILES string of the molecule is CCOC(=O)C(N)Cc1cc(CN(Cc2ccccn2)Cc2ccccn2)c(O)c(CN(Cc2ccccn2)Cc2ccccn2)c1. The molecule has 1 unspecified atom stereocenters. The monoisotopic (exact) mass is 631 g/mol. The van der Waals surface area contributed by atoms with Gasteiger partial charge in [-0.05, 0) is 67.4 Å². The third-order valence-corrected chi connectivity index (χ3v) is 7.61. The van der Waals surface area contributed by atoms with Crippen molar-refractivity contribution in [2.45, 2.75) is 58.7 Å². The van der Waals surface area contributed by atoms with Gasteiger partial charge in [0.15, 0.2) is 0 Å². The molecular formula is C37H41N7O3. The third kappa shape index (κ3) is 10.2. The Labute approximate surface area is 275 Å². The number of phenolic OH excluding ortho intramolecular Hbond substituents is 1. The number of rotatable bonds is 16. The average Bonchev–Trinajstić information content (AvgIpc) is 3.08. The molecule has 0 saturated carbocycles. The van der Waals surface area contributed by atoms with Crippen molar-refractivity contribution in [3.63, 3.8) is 0 Å². The highest BCUT2D eigenvalue weighted by molar-refractivity contribution is 5.76. The minimum atomic E-state index is -0.837. The van der Waals surface area contributed by atoms with Crippen molar-refractivity contribution < 1.29 is 14.6 Å². The number of carbonyl (C=O) groups is 1. The maximum atomic E-state index is 12.5. The lowest BCUT2D eigenvalue weighted by molar-refractivity contribution is -0.144. The van der Waals surface area contributed by atoms with E-state index in [4.69, 9.17) is 10.5 Å². The normalized spacial score (nSPS) is 11.9. The molecule has 0 radical (unpaired) electrons. The molecule has 10 nitrogen and oxygen atoms in total. The summed E-state index contributed by atoms with van der Waals surface area (Å²) in [6.07, 6.45) is 7.37. The summed E-state index contributed by atoms with van der Waals surface area (Å²) in [5.74, 6) is -0.264. The topological polar surface area (TPSA) is 131 Å². The molecule has 1 aromatic carbocycles. The summed E-state index contributed by atoms with van der Waals surface area (Å²) in [5.41, 5.74) is 12.2. The van der Waals surface area contributed by atoms with Crippen LogP contribution in [0.15, 0.2) is 110 Å². The van der Waals surface area contributed by atoms with Crippen LogP contribution in [0.25, 0.3) is 0 Å². The fourth-order valence-electron chi connectivity index (χ4n) is 5.48. The van der Waals surface area contributed by atoms with Gasteiger partial charge in [0.2, 0.25) is 0 Å². The van der Waals surface area contributed by atoms with Gasteiger partial charge in [0.25, 0.3) is 0 Å². The Bertz CT molecular complexity index is 1480. The number of hydrogen-bond acceptors (Lipinski definition) is 10. The predicted octanol–water partition coefficient (Wildman–Crippen LogP) is 4.81. The smallest absolute Gasteiger partial charge is 0.323 e. The zero-order chi connectivity index (χ0) is 32.8. The first-order valence-electron chi connectivity index (χ1n) is 15.8. The van der Waals surface area contributed by atoms with E-state index in [1.54, 1.807) is 31.7 Å². The quantitative estimate of drug-likeness (QED) is 0.146. The molecular weight excluding hydrogens is 590 g/mol. The van der Waals surface area contributed by atoms with Crippen LogP contribution in [0.4, 0.5) is 0 Å². The Morgan fingerprint density at radius 2 is 1.06 bits per heavy atom. The van der Waals surface area contributed by atoms with Crippen molar-refractivity contribution >= 4 is 5.97 Å². The highest BCUT2D eigenvalue weighted by atomic mass is 16.5. The molecule has 0 spiro atoms. The lowest BCUT2D eigenvalue weighted by Crippen LogP contribution is -2.34. The molecule has 1 atom stereocenters. The molecule has 5 aromatic rings.